The van der Waals surface area contributed by atoms with E-state index in [1.54, 1.807) is 47.5 Å². The van der Waals surface area contributed by atoms with Crippen LogP contribution < -0.4 is 0 Å². The number of sulfonamides is 1. The van der Waals surface area contributed by atoms with Gasteiger partial charge in [-0.05, 0) is 31.2 Å². The molecular formula is C16H19N3O3S. The summed E-state index contributed by atoms with van der Waals surface area (Å²) in [4.78, 5) is 17.1. The van der Waals surface area contributed by atoms with Crippen LogP contribution >= 0.6 is 0 Å². The molecule has 1 saturated heterocycles. The highest BCUT2D eigenvalue weighted by atomic mass is 32.2. The largest absolute Gasteiger partial charge is 0.357 e. The van der Waals surface area contributed by atoms with Gasteiger partial charge in [-0.2, -0.15) is 4.31 Å². The van der Waals surface area contributed by atoms with E-state index < -0.39 is 10.0 Å². The van der Waals surface area contributed by atoms with Gasteiger partial charge in [0.15, 0.2) is 0 Å². The molecular weight excluding hydrogens is 314 g/mol. The Labute approximate surface area is 135 Å². The van der Waals surface area contributed by atoms with Crippen molar-refractivity contribution < 1.29 is 13.2 Å². The smallest absolute Gasteiger partial charge is 0.270 e. The first-order valence-corrected chi connectivity index (χ1v) is 8.92. The van der Waals surface area contributed by atoms with Gasteiger partial charge in [-0.3, -0.25) is 4.79 Å². The summed E-state index contributed by atoms with van der Waals surface area (Å²) in [5.74, 6) is -0.0950. The summed E-state index contributed by atoms with van der Waals surface area (Å²) >= 11 is 0. The quantitative estimate of drug-likeness (QED) is 0.924. The molecule has 7 heteroatoms. The molecule has 0 saturated carbocycles. The molecule has 1 aromatic carbocycles. The zero-order valence-corrected chi connectivity index (χ0v) is 13.7. The first-order chi connectivity index (χ1) is 11.0. The molecule has 0 radical (unpaired) electrons. The maximum Gasteiger partial charge on any atom is 0.270 e. The lowest BCUT2D eigenvalue weighted by Gasteiger charge is -2.33. The maximum atomic E-state index is 12.6. The molecule has 23 heavy (non-hydrogen) atoms. The van der Waals surface area contributed by atoms with Crippen LogP contribution in [0.5, 0.6) is 0 Å². The highest BCUT2D eigenvalue weighted by molar-refractivity contribution is 7.89. The molecule has 1 amide bonds. The predicted molar refractivity (Wildman–Crippen MR) is 86.6 cm³/mol. The first kappa shape index (κ1) is 15.8. The van der Waals surface area contributed by atoms with Crippen LogP contribution in [-0.4, -0.2) is 54.7 Å². The van der Waals surface area contributed by atoms with E-state index in [-0.39, 0.29) is 5.91 Å². The Bertz CT molecular complexity index is 774. The number of nitrogens with zero attached hydrogens (tertiary/aromatic N) is 2. The van der Waals surface area contributed by atoms with E-state index in [1.807, 2.05) is 6.92 Å². The van der Waals surface area contributed by atoms with E-state index in [9.17, 15) is 13.2 Å². The highest BCUT2D eigenvalue weighted by Gasteiger charge is 2.30. The number of hydrogen-bond donors (Lipinski definition) is 1. The molecule has 0 unspecified atom stereocenters. The number of carbonyl (C=O) groups excluding carboxylic acids is 1. The lowest BCUT2D eigenvalue weighted by molar-refractivity contribution is 0.0692. The summed E-state index contributed by atoms with van der Waals surface area (Å²) < 4.78 is 26.7. The van der Waals surface area contributed by atoms with Gasteiger partial charge in [-0.25, -0.2) is 8.42 Å². The standard InChI is InChI=1S/C16H19N3O3S/c1-13-4-6-14(7-5-13)23(21,22)19-11-9-18(10-12-19)16(20)15-3-2-8-17-15/h2-8,17H,9-12H2,1H3. The van der Waals surface area contributed by atoms with E-state index in [1.165, 1.54) is 4.31 Å². The lowest BCUT2D eigenvalue weighted by Crippen LogP contribution is -2.50. The van der Waals surface area contributed by atoms with Crippen molar-refractivity contribution in [2.45, 2.75) is 11.8 Å². The SMILES string of the molecule is Cc1ccc(S(=O)(=O)N2CCN(C(=O)c3ccc[nH]3)CC2)cc1. The molecule has 6 nitrogen and oxygen atoms in total. The summed E-state index contributed by atoms with van der Waals surface area (Å²) in [6.45, 7) is 3.32. The minimum atomic E-state index is -3.49. The molecule has 3 rings (SSSR count). The summed E-state index contributed by atoms with van der Waals surface area (Å²) in [5.41, 5.74) is 1.55. The molecule has 1 N–H and O–H groups in total. The van der Waals surface area contributed by atoms with Gasteiger partial charge in [0.1, 0.15) is 5.69 Å². The molecule has 0 atom stereocenters. The molecule has 0 bridgehead atoms. The fourth-order valence-electron chi connectivity index (χ4n) is 2.62. The Morgan fingerprint density at radius 3 is 2.26 bits per heavy atom. The van der Waals surface area contributed by atoms with E-state index >= 15 is 0 Å². The van der Waals surface area contributed by atoms with Crippen LogP contribution in [0.15, 0.2) is 47.5 Å². The molecule has 2 aromatic rings. The average Bonchev–Trinajstić information content (AvgIpc) is 3.09. The van der Waals surface area contributed by atoms with Gasteiger partial charge in [0.2, 0.25) is 10.0 Å². The monoisotopic (exact) mass is 333 g/mol. The number of nitrogens with one attached hydrogen (secondary N) is 1. The van der Waals surface area contributed by atoms with Crippen LogP contribution in [0.25, 0.3) is 0 Å². The number of aromatic nitrogens is 1. The number of piperazine rings is 1. The second kappa shape index (κ2) is 6.17. The summed E-state index contributed by atoms with van der Waals surface area (Å²) in [5, 5.41) is 0. The van der Waals surface area contributed by atoms with Gasteiger partial charge < -0.3 is 9.88 Å². The van der Waals surface area contributed by atoms with Crippen molar-refractivity contribution >= 4 is 15.9 Å². The zero-order chi connectivity index (χ0) is 16.4. The van der Waals surface area contributed by atoms with Crippen molar-refractivity contribution in [3.05, 3.63) is 53.9 Å². The minimum Gasteiger partial charge on any atom is -0.357 e. The van der Waals surface area contributed by atoms with Gasteiger partial charge in [-0.1, -0.05) is 17.7 Å². The van der Waals surface area contributed by atoms with Gasteiger partial charge >= 0.3 is 0 Å². The van der Waals surface area contributed by atoms with Crippen LogP contribution in [0.3, 0.4) is 0 Å². The fraction of sp³-hybridized carbons (Fsp3) is 0.312. The highest BCUT2D eigenvalue weighted by Crippen LogP contribution is 2.18. The maximum absolute atomic E-state index is 12.6. The normalized spacial score (nSPS) is 16.5. The van der Waals surface area contributed by atoms with E-state index in [4.69, 9.17) is 0 Å². The van der Waals surface area contributed by atoms with Crippen LogP contribution in [0.4, 0.5) is 0 Å². The molecule has 1 aliphatic heterocycles. The number of carbonyl (C=O) groups is 1. The number of hydrogen-bond acceptors (Lipinski definition) is 3. The van der Waals surface area contributed by atoms with Crippen molar-refractivity contribution in [1.29, 1.82) is 0 Å². The molecule has 122 valence electrons. The number of aryl methyl sites for hydroxylation is 1. The number of benzene rings is 1. The number of aromatic amines is 1. The summed E-state index contributed by atoms with van der Waals surface area (Å²) in [6, 6.07) is 10.3. The molecule has 1 aromatic heterocycles. The fourth-order valence-corrected chi connectivity index (χ4v) is 4.05. The van der Waals surface area contributed by atoms with Crippen molar-refractivity contribution in [3.63, 3.8) is 0 Å². The van der Waals surface area contributed by atoms with Crippen LogP contribution in [-0.2, 0) is 10.0 Å². The Balaban J connectivity index is 1.69. The minimum absolute atomic E-state index is 0.0950. The molecule has 1 aliphatic rings. The van der Waals surface area contributed by atoms with Crippen molar-refractivity contribution in [1.82, 2.24) is 14.2 Å². The van der Waals surface area contributed by atoms with E-state index in [0.29, 0.717) is 36.8 Å². The van der Waals surface area contributed by atoms with E-state index in [2.05, 4.69) is 4.98 Å². The van der Waals surface area contributed by atoms with Gasteiger partial charge in [0, 0.05) is 32.4 Å². The number of rotatable bonds is 3. The Morgan fingerprint density at radius 1 is 1.04 bits per heavy atom. The third-order valence-electron chi connectivity index (χ3n) is 4.01. The van der Waals surface area contributed by atoms with Gasteiger partial charge in [-0.15, -0.1) is 0 Å². The molecule has 2 heterocycles. The Morgan fingerprint density at radius 2 is 1.70 bits per heavy atom. The van der Waals surface area contributed by atoms with Crippen LogP contribution in [0.2, 0.25) is 0 Å². The Hall–Kier alpha value is -2.12. The summed E-state index contributed by atoms with van der Waals surface area (Å²) in [7, 11) is -3.49. The van der Waals surface area contributed by atoms with Gasteiger partial charge in [0.25, 0.3) is 5.91 Å². The number of amides is 1. The average molecular weight is 333 g/mol. The van der Waals surface area contributed by atoms with Crippen LogP contribution in [0, 0.1) is 6.92 Å². The first-order valence-electron chi connectivity index (χ1n) is 7.48. The van der Waals surface area contributed by atoms with Crippen molar-refractivity contribution in [2.75, 3.05) is 26.2 Å². The number of H-pyrrole nitrogens is 1. The van der Waals surface area contributed by atoms with Crippen molar-refractivity contribution in [2.24, 2.45) is 0 Å². The topological polar surface area (TPSA) is 73.5 Å². The van der Waals surface area contributed by atoms with Gasteiger partial charge in [0.05, 0.1) is 4.90 Å². The predicted octanol–water partition coefficient (Wildman–Crippen LogP) is 1.47. The Kier molecular flexibility index (Phi) is 4.23. The van der Waals surface area contributed by atoms with Crippen LogP contribution in [0.1, 0.15) is 16.1 Å². The second-order valence-electron chi connectivity index (χ2n) is 5.59. The van der Waals surface area contributed by atoms with Crippen molar-refractivity contribution in [3.8, 4) is 0 Å². The van der Waals surface area contributed by atoms with E-state index in [0.717, 1.165) is 5.56 Å². The summed E-state index contributed by atoms with van der Waals surface area (Å²) in [6.07, 6.45) is 1.70. The zero-order valence-electron chi connectivity index (χ0n) is 12.9. The second-order valence-corrected chi connectivity index (χ2v) is 7.53. The lowest BCUT2D eigenvalue weighted by atomic mass is 10.2. The molecule has 1 fully saturated rings. The third-order valence-corrected chi connectivity index (χ3v) is 5.93. The third kappa shape index (κ3) is 3.16. The molecule has 0 aliphatic carbocycles. The molecule has 0 spiro atoms.